The number of rotatable bonds is 0. The maximum atomic E-state index is 10.1. The minimum Gasteiger partial charge on any atom is -0.393 e. The van der Waals surface area contributed by atoms with Gasteiger partial charge in [-0.1, -0.05) is 19.9 Å². The second kappa shape index (κ2) is 4.96. The number of aliphatic hydroxyl groups excluding tert-OH is 1. The molecule has 2 heteroatoms. The van der Waals surface area contributed by atoms with Gasteiger partial charge in [0, 0.05) is 5.41 Å². The molecule has 0 amide bonds. The molecular formula is C19H29IO. The molecule has 3 fully saturated rings. The Morgan fingerprint density at radius 1 is 1.10 bits per heavy atom. The largest absolute Gasteiger partial charge is 0.393 e. The Balaban J connectivity index is 1.63. The fourth-order valence-electron chi connectivity index (χ4n) is 6.75. The first-order valence-corrected chi connectivity index (χ1v) is 10.1. The van der Waals surface area contributed by atoms with E-state index in [2.05, 4.69) is 42.5 Å². The molecule has 1 N–H and O–H groups in total. The van der Waals surface area contributed by atoms with Crippen molar-refractivity contribution in [3.63, 3.8) is 0 Å². The Kier molecular flexibility index (Phi) is 3.54. The third kappa shape index (κ3) is 2.03. The van der Waals surface area contributed by atoms with Crippen LogP contribution in [0.2, 0.25) is 0 Å². The highest BCUT2D eigenvalue weighted by Gasteiger charge is 2.58. The van der Waals surface area contributed by atoms with Crippen molar-refractivity contribution in [2.75, 3.05) is 0 Å². The highest BCUT2D eigenvalue weighted by molar-refractivity contribution is 14.1. The van der Waals surface area contributed by atoms with Crippen LogP contribution in [0.4, 0.5) is 0 Å². The lowest BCUT2D eigenvalue weighted by atomic mass is 9.45. The summed E-state index contributed by atoms with van der Waals surface area (Å²) in [6.07, 6.45) is 12.9. The molecule has 0 heterocycles. The maximum Gasteiger partial charge on any atom is 0.0543 e. The molecular weight excluding hydrogens is 371 g/mol. The second-order valence-electron chi connectivity index (χ2n) is 8.83. The first-order valence-electron chi connectivity index (χ1n) is 8.99. The summed E-state index contributed by atoms with van der Waals surface area (Å²) in [7, 11) is 0. The van der Waals surface area contributed by atoms with Crippen molar-refractivity contribution in [1.82, 2.24) is 0 Å². The number of fused-ring (bicyclic) bond motifs is 5. The normalized spacial score (nSPS) is 56.2. The number of allylic oxidation sites excluding steroid dienone is 2. The quantitative estimate of drug-likeness (QED) is 0.546. The number of hydrogen-bond donors (Lipinski definition) is 1. The molecule has 2 unspecified atom stereocenters. The van der Waals surface area contributed by atoms with Crippen LogP contribution in [-0.4, -0.2) is 11.2 Å². The van der Waals surface area contributed by atoms with E-state index >= 15 is 0 Å². The van der Waals surface area contributed by atoms with Gasteiger partial charge >= 0.3 is 0 Å². The zero-order chi connectivity index (χ0) is 14.8. The average molecular weight is 400 g/mol. The summed E-state index contributed by atoms with van der Waals surface area (Å²) in [5.41, 5.74) is 1.02. The van der Waals surface area contributed by atoms with Crippen molar-refractivity contribution >= 4 is 22.6 Å². The monoisotopic (exact) mass is 400 g/mol. The fraction of sp³-hybridized carbons (Fsp3) is 0.895. The van der Waals surface area contributed by atoms with Gasteiger partial charge in [-0.3, -0.25) is 0 Å². The van der Waals surface area contributed by atoms with Crippen LogP contribution in [-0.2, 0) is 0 Å². The van der Waals surface area contributed by atoms with Crippen molar-refractivity contribution in [3.05, 3.63) is 9.66 Å². The fourth-order valence-corrected chi connectivity index (χ4v) is 7.67. The molecule has 0 saturated heterocycles. The van der Waals surface area contributed by atoms with Crippen molar-refractivity contribution in [1.29, 1.82) is 0 Å². The molecule has 0 bridgehead atoms. The summed E-state index contributed by atoms with van der Waals surface area (Å²) in [6, 6.07) is 0. The lowest BCUT2D eigenvalue weighted by Gasteiger charge is -2.60. The average Bonchev–Trinajstić information content (AvgIpc) is 2.76. The van der Waals surface area contributed by atoms with Gasteiger partial charge in [-0.2, -0.15) is 0 Å². The van der Waals surface area contributed by atoms with Crippen LogP contribution in [0.15, 0.2) is 9.66 Å². The van der Waals surface area contributed by atoms with Gasteiger partial charge in [0.1, 0.15) is 0 Å². The SMILES string of the molecule is C[C@]12CCC(O)CC1CC[C@@H]1[C@@H]2CC[C@]2(C)C(I)=CC[C@@H]12. The van der Waals surface area contributed by atoms with E-state index in [-0.39, 0.29) is 6.10 Å². The van der Waals surface area contributed by atoms with E-state index in [1.54, 1.807) is 3.58 Å². The van der Waals surface area contributed by atoms with E-state index in [0.717, 1.165) is 36.5 Å². The van der Waals surface area contributed by atoms with E-state index in [0.29, 0.717) is 10.8 Å². The Morgan fingerprint density at radius 2 is 1.90 bits per heavy atom. The predicted octanol–water partition coefficient (Wildman–Crippen LogP) is 5.32. The van der Waals surface area contributed by atoms with E-state index in [1.807, 2.05) is 0 Å². The van der Waals surface area contributed by atoms with Crippen LogP contribution < -0.4 is 0 Å². The van der Waals surface area contributed by atoms with Crippen LogP contribution in [0.1, 0.15) is 65.2 Å². The van der Waals surface area contributed by atoms with Gasteiger partial charge in [0.15, 0.2) is 0 Å². The molecule has 4 aliphatic rings. The number of halogens is 1. The maximum absolute atomic E-state index is 10.1. The van der Waals surface area contributed by atoms with Gasteiger partial charge in [-0.05, 0) is 107 Å². The standard InChI is InChI=1S/C19H29IO/c1-18-9-7-13(21)11-12(18)3-4-14-15-5-6-17(20)19(15,2)10-8-16(14)18/h6,12-16,21H,3-5,7-11H2,1-2H3/t12?,13?,14-,15-,16-,18-,19-/m0/s1. The molecule has 4 aliphatic carbocycles. The third-order valence-corrected chi connectivity index (χ3v) is 9.80. The van der Waals surface area contributed by atoms with Gasteiger partial charge in [-0.25, -0.2) is 0 Å². The minimum absolute atomic E-state index is 0.0115. The van der Waals surface area contributed by atoms with E-state index in [4.69, 9.17) is 0 Å². The number of hydrogen-bond acceptors (Lipinski definition) is 1. The van der Waals surface area contributed by atoms with Crippen LogP contribution in [0, 0.1) is 34.5 Å². The van der Waals surface area contributed by atoms with Crippen molar-refractivity contribution in [3.8, 4) is 0 Å². The molecule has 0 aromatic carbocycles. The molecule has 0 aliphatic heterocycles. The first-order chi connectivity index (χ1) is 9.95. The van der Waals surface area contributed by atoms with Gasteiger partial charge in [-0.15, -0.1) is 0 Å². The van der Waals surface area contributed by atoms with Crippen molar-refractivity contribution in [2.45, 2.75) is 71.3 Å². The summed E-state index contributed by atoms with van der Waals surface area (Å²) >= 11 is 2.62. The molecule has 0 aromatic heterocycles. The summed E-state index contributed by atoms with van der Waals surface area (Å²) in [5.74, 6) is 3.58. The summed E-state index contributed by atoms with van der Waals surface area (Å²) < 4.78 is 1.65. The molecule has 1 nitrogen and oxygen atoms in total. The lowest BCUT2D eigenvalue weighted by Crippen LogP contribution is -2.53. The van der Waals surface area contributed by atoms with Crippen LogP contribution in [0.3, 0.4) is 0 Å². The Morgan fingerprint density at radius 3 is 2.71 bits per heavy atom. The molecule has 3 saturated carbocycles. The molecule has 0 radical (unpaired) electrons. The molecule has 0 aromatic rings. The van der Waals surface area contributed by atoms with Gasteiger partial charge in [0.25, 0.3) is 0 Å². The van der Waals surface area contributed by atoms with Gasteiger partial charge < -0.3 is 5.11 Å². The molecule has 7 atom stereocenters. The topological polar surface area (TPSA) is 20.2 Å². The molecule has 0 spiro atoms. The van der Waals surface area contributed by atoms with Crippen molar-refractivity contribution in [2.24, 2.45) is 34.5 Å². The molecule has 4 rings (SSSR count). The van der Waals surface area contributed by atoms with Crippen LogP contribution in [0.5, 0.6) is 0 Å². The predicted molar refractivity (Wildman–Crippen MR) is 95.2 cm³/mol. The second-order valence-corrected chi connectivity index (χ2v) is 9.99. The zero-order valence-electron chi connectivity index (χ0n) is 13.4. The van der Waals surface area contributed by atoms with Crippen LogP contribution >= 0.6 is 22.6 Å². The summed E-state index contributed by atoms with van der Waals surface area (Å²) in [6.45, 7) is 5.12. The van der Waals surface area contributed by atoms with Crippen LogP contribution in [0.25, 0.3) is 0 Å². The van der Waals surface area contributed by atoms with Gasteiger partial charge in [0.05, 0.1) is 6.10 Å². The smallest absolute Gasteiger partial charge is 0.0543 e. The Labute approximate surface area is 143 Å². The Hall–Kier alpha value is 0.430. The number of aliphatic hydroxyl groups is 1. The van der Waals surface area contributed by atoms with Gasteiger partial charge in [0.2, 0.25) is 0 Å². The lowest BCUT2D eigenvalue weighted by molar-refractivity contribution is -0.116. The summed E-state index contributed by atoms with van der Waals surface area (Å²) in [5, 5.41) is 10.1. The van der Waals surface area contributed by atoms with E-state index < -0.39 is 0 Å². The molecule has 118 valence electrons. The third-order valence-electron chi connectivity index (χ3n) is 8.12. The first kappa shape index (κ1) is 15.0. The highest BCUT2D eigenvalue weighted by Crippen LogP contribution is 2.66. The van der Waals surface area contributed by atoms with E-state index in [9.17, 15) is 5.11 Å². The van der Waals surface area contributed by atoms with Crippen molar-refractivity contribution < 1.29 is 5.11 Å². The van der Waals surface area contributed by atoms with E-state index in [1.165, 1.54) is 38.5 Å². The summed E-state index contributed by atoms with van der Waals surface area (Å²) in [4.78, 5) is 0. The minimum atomic E-state index is -0.0115. The Bertz CT molecular complexity index is 472. The zero-order valence-corrected chi connectivity index (χ0v) is 15.6. The molecule has 21 heavy (non-hydrogen) atoms. The highest BCUT2D eigenvalue weighted by atomic mass is 127.